The van der Waals surface area contributed by atoms with E-state index in [0.717, 1.165) is 17.2 Å². The van der Waals surface area contributed by atoms with Crippen molar-refractivity contribution in [2.45, 2.75) is 5.33 Å². The summed E-state index contributed by atoms with van der Waals surface area (Å²) in [6.45, 7) is 0. The molecule has 0 heterocycles. The molecule has 2 rings (SSSR count). The second-order valence-electron chi connectivity index (χ2n) is 3.57. The van der Waals surface area contributed by atoms with E-state index in [1.807, 2.05) is 24.3 Å². The minimum Gasteiger partial charge on any atom is -0.298 e. The average molecular weight is 275 g/mol. The van der Waals surface area contributed by atoms with Crippen molar-refractivity contribution in [2.24, 2.45) is 0 Å². The van der Waals surface area contributed by atoms with E-state index in [4.69, 9.17) is 0 Å². The number of hydrogen-bond donors (Lipinski definition) is 0. The minimum absolute atomic E-state index is 0.709. The van der Waals surface area contributed by atoms with E-state index in [2.05, 4.69) is 40.2 Å². The summed E-state index contributed by atoms with van der Waals surface area (Å²) in [5.74, 6) is 0. The molecule has 16 heavy (non-hydrogen) atoms. The van der Waals surface area contributed by atoms with Crippen LogP contribution in [0.25, 0.3) is 11.1 Å². The zero-order valence-corrected chi connectivity index (χ0v) is 10.3. The van der Waals surface area contributed by atoms with Gasteiger partial charge >= 0.3 is 0 Å². The first-order valence-electron chi connectivity index (χ1n) is 5.04. The molecule has 0 aliphatic rings. The van der Waals surface area contributed by atoms with Gasteiger partial charge in [0.15, 0.2) is 0 Å². The highest BCUT2D eigenvalue weighted by atomic mass is 79.9. The molecule has 0 aromatic heterocycles. The van der Waals surface area contributed by atoms with E-state index in [1.165, 1.54) is 11.1 Å². The topological polar surface area (TPSA) is 17.1 Å². The van der Waals surface area contributed by atoms with Crippen LogP contribution < -0.4 is 0 Å². The van der Waals surface area contributed by atoms with E-state index >= 15 is 0 Å². The van der Waals surface area contributed by atoms with Gasteiger partial charge in [-0.3, -0.25) is 4.79 Å². The average Bonchev–Trinajstić information content (AvgIpc) is 2.39. The van der Waals surface area contributed by atoms with Crippen molar-refractivity contribution < 1.29 is 4.79 Å². The van der Waals surface area contributed by atoms with Crippen LogP contribution in [0, 0.1) is 0 Å². The zero-order valence-electron chi connectivity index (χ0n) is 8.69. The lowest BCUT2D eigenvalue weighted by molar-refractivity contribution is 0.112. The molecule has 1 nitrogen and oxygen atoms in total. The van der Waals surface area contributed by atoms with E-state index < -0.39 is 0 Å². The van der Waals surface area contributed by atoms with Gasteiger partial charge in [-0.1, -0.05) is 64.5 Å². The molecule has 0 fully saturated rings. The van der Waals surface area contributed by atoms with Crippen molar-refractivity contribution in [1.29, 1.82) is 0 Å². The summed E-state index contributed by atoms with van der Waals surface area (Å²) < 4.78 is 0. The maximum absolute atomic E-state index is 10.5. The smallest absolute Gasteiger partial charge is 0.150 e. The van der Waals surface area contributed by atoms with Crippen molar-refractivity contribution in [3.63, 3.8) is 0 Å². The fraction of sp³-hybridized carbons (Fsp3) is 0.0714. The number of carbonyl (C=O) groups excluding carboxylic acids is 1. The summed E-state index contributed by atoms with van der Waals surface area (Å²) >= 11 is 3.42. The van der Waals surface area contributed by atoms with Crippen LogP contribution in [0.1, 0.15) is 15.9 Å². The van der Waals surface area contributed by atoms with Gasteiger partial charge in [0.1, 0.15) is 6.29 Å². The predicted molar refractivity (Wildman–Crippen MR) is 69.9 cm³/mol. The van der Waals surface area contributed by atoms with Crippen LogP contribution in [-0.2, 0) is 5.33 Å². The number of hydrogen-bond acceptors (Lipinski definition) is 1. The van der Waals surface area contributed by atoms with E-state index in [9.17, 15) is 4.79 Å². The Morgan fingerprint density at radius 2 is 1.38 bits per heavy atom. The highest BCUT2D eigenvalue weighted by Gasteiger charge is 1.98. The summed E-state index contributed by atoms with van der Waals surface area (Å²) in [5.41, 5.74) is 4.27. The lowest BCUT2D eigenvalue weighted by atomic mass is 10.0. The number of benzene rings is 2. The molecular weight excluding hydrogens is 264 g/mol. The molecule has 2 aromatic carbocycles. The fourth-order valence-corrected chi connectivity index (χ4v) is 1.91. The third kappa shape index (κ3) is 2.39. The molecule has 0 aliphatic carbocycles. The molecule has 2 heteroatoms. The number of rotatable bonds is 3. The Morgan fingerprint density at radius 1 is 0.875 bits per heavy atom. The molecule has 0 saturated carbocycles. The molecule has 0 atom stereocenters. The first-order valence-corrected chi connectivity index (χ1v) is 6.16. The minimum atomic E-state index is 0.709. The first-order chi connectivity index (χ1) is 7.83. The second kappa shape index (κ2) is 5.08. The lowest BCUT2D eigenvalue weighted by Crippen LogP contribution is -1.82. The molecule has 0 spiro atoms. The summed E-state index contributed by atoms with van der Waals surface area (Å²) in [6, 6.07) is 16.0. The number of aldehydes is 1. The van der Waals surface area contributed by atoms with Crippen molar-refractivity contribution >= 4 is 22.2 Å². The maximum Gasteiger partial charge on any atom is 0.150 e. The third-order valence-electron chi connectivity index (χ3n) is 2.49. The van der Waals surface area contributed by atoms with Gasteiger partial charge in [-0.05, 0) is 16.7 Å². The van der Waals surface area contributed by atoms with Gasteiger partial charge in [0.05, 0.1) is 0 Å². The van der Waals surface area contributed by atoms with Crippen LogP contribution in [0.3, 0.4) is 0 Å². The quantitative estimate of drug-likeness (QED) is 0.609. The molecule has 80 valence electrons. The number of halogens is 1. The third-order valence-corrected chi connectivity index (χ3v) is 3.14. The Kier molecular flexibility index (Phi) is 3.52. The molecule has 0 unspecified atom stereocenters. The molecule has 0 aliphatic heterocycles. The largest absolute Gasteiger partial charge is 0.298 e. The fourth-order valence-electron chi connectivity index (χ4n) is 1.54. The highest BCUT2D eigenvalue weighted by molar-refractivity contribution is 9.08. The molecular formula is C14H11BrO. The van der Waals surface area contributed by atoms with Crippen LogP contribution in [0.5, 0.6) is 0 Å². The van der Waals surface area contributed by atoms with Crippen LogP contribution >= 0.6 is 15.9 Å². The van der Waals surface area contributed by atoms with Gasteiger partial charge in [-0.25, -0.2) is 0 Å². The Bertz CT molecular complexity index is 471. The van der Waals surface area contributed by atoms with Crippen LogP contribution in [0.4, 0.5) is 0 Å². The second-order valence-corrected chi connectivity index (χ2v) is 4.13. The first kappa shape index (κ1) is 11.1. The normalized spacial score (nSPS) is 10.1. The summed E-state index contributed by atoms with van der Waals surface area (Å²) in [5, 5.41) is 0.872. The van der Waals surface area contributed by atoms with E-state index in [0.29, 0.717) is 5.56 Å². The van der Waals surface area contributed by atoms with Gasteiger partial charge in [0.2, 0.25) is 0 Å². The molecule has 0 radical (unpaired) electrons. The van der Waals surface area contributed by atoms with Crippen LogP contribution in [0.15, 0.2) is 48.5 Å². The van der Waals surface area contributed by atoms with Gasteiger partial charge in [0, 0.05) is 10.9 Å². The van der Waals surface area contributed by atoms with E-state index in [1.54, 1.807) is 0 Å². The maximum atomic E-state index is 10.5. The number of alkyl halides is 1. The van der Waals surface area contributed by atoms with E-state index in [-0.39, 0.29) is 0 Å². The molecule has 0 N–H and O–H groups in total. The highest BCUT2D eigenvalue weighted by Crippen LogP contribution is 2.20. The van der Waals surface area contributed by atoms with Crippen molar-refractivity contribution in [2.75, 3.05) is 0 Å². The van der Waals surface area contributed by atoms with Gasteiger partial charge in [0.25, 0.3) is 0 Å². The zero-order chi connectivity index (χ0) is 11.4. The Labute approximate surface area is 103 Å². The Morgan fingerprint density at radius 3 is 1.81 bits per heavy atom. The Balaban J connectivity index is 2.31. The standard InChI is InChI=1S/C14H11BrO/c15-9-11-1-5-13(6-2-11)14-7-3-12(10-16)4-8-14/h1-8,10H,9H2. The van der Waals surface area contributed by atoms with Crippen molar-refractivity contribution in [3.05, 3.63) is 59.7 Å². The van der Waals surface area contributed by atoms with Crippen molar-refractivity contribution in [3.8, 4) is 11.1 Å². The van der Waals surface area contributed by atoms with Gasteiger partial charge < -0.3 is 0 Å². The monoisotopic (exact) mass is 274 g/mol. The SMILES string of the molecule is O=Cc1ccc(-c2ccc(CBr)cc2)cc1. The summed E-state index contributed by atoms with van der Waals surface area (Å²) in [4.78, 5) is 10.5. The molecule has 0 saturated heterocycles. The van der Waals surface area contributed by atoms with Crippen LogP contribution in [-0.4, -0.2) is 6.29 Å². The lowest BCUT2D eigenvalue weighted by Gasteiger charge is -2.02. The Hall–Kier alpha value is -1.41. The summed E-state index contributed by atoms with van der Waals surface area (Å²) in [6.07, 6.45) is 0.859. The molecule has 0 amide bonds. The molecule has 2 aromatic rings. The van der Waals surface area contributed by atoms with Crippen LogP contribution in [0.2, 0.25) is 0 Å². The van der Waals surface area contributed by atoms with Gasteiger partial charge in [-0.15, -0.1) is 0 Å². The van der Waals surface area contributed by atoms with Gasteiger partial charge in [-0.2, -0.15) is 0 Å². The summed E-state index contributed by atoms with van der Waals surface area (Å²) in [7, 11) is 0. The predicted octanol–water partition coefficient (Wildman–Crippen LogP) is 4.06. The number of carbonyl (C=O) groups is 1. The molecule has 0 bridgehead atoms. The van der Waals surface area contributed by atoms with Crippen molar-refractivity contribution in [1.82, 2.24) is 0 Å².